The number of amides is 1. The van der Waals surface area contributed by atoms with Gasteiger partial charge in [0.1, 0.15) is 12.7 Å². The number of esters is 1. The number of carboxylic acid groups (broad SMARTS) is 1. The standard InChI is InChI=1S/C54H96NO10P/c1-3-5-7-9-11-13-15-17-19-21-23-24-25-26-28-29-31-33-35-37-39-41-43-45-52(57)55-51(54(59)60)49-65-66(61,62)64-48-50(56)47-63-53(58)46-44-42-40-38-36-34-32-30-27-22-20-18-16-14-12-10-8-6-4-2/h12,14,17-20,27,30,34,36,50-51,56H,3-11,13,15-16,21-26,28-29,31-33,35,37-49H2,1-2H3,(H,55,57)(H,59,60)(H,61,62)/b14-12-,19-17+,20-18-,30-27-,36-34-. The molecular weight excluding hydrogens is 854 g/mol. The maximum Gasteiger partial charge on any atom is 0.472 e. The molecule has 0 aromatic heterocycles. The third kappa shape index (κ3) is 47.7. The minimum atomic E-state index is -4.77. The number of carbonyl (C=O) groups excluding carboxylic acids is 2. The molecule has 0 fully saturated rings. The number of carboxylic acids is 1. The second-order valence-corrected chi connectivity index (χ2v) is 19.2. The molecule has 382 valence electrons. The van der Waals surface area contributed by atoms with Crippen molar-refractivity contribution in [2.24, 2.45) is 0 Å². The van der Waals surface area contributed by atoms with Crippen LogP contribution >= 0.6 is 7.82 Å². The van der Waals surface area contributed by atoms with Crippen LogP contribution in [0.5, 0.6) is 0 Å². The number of unbranched alkanes of at least 4 members (excludes halogenated alkanes) is 25. The van der Waals surface area contributed by atoms with Crippen molar-refractivity contribution in [3.05, 3.63) is 60.8 Å². The lowest BCUT2D eigenvalue weighted by Crippen LogP contribution is -2.43. The van der Waals surface area contributed by atoms with Crippen molar-refractivity contribution in [3.63, 3.8) is 0 Å². The summed E-state index contributed by atoms with van der Waals surface area (Å²) in [5.41, 5.74) is 0. The van der Waals surface area contributed by atoms with Gasteiger partial charge in [0.05, 0.1) is 13.2 Å². The average molecular weight is 950 g/mol. The van der Waals surface area contributed by atoms with Crippen molar-refractivity contribution >= 4 is 25.7 Å². The Morgan fingerprint density at radius 1 is 0.485 bits per heavy atom. The van der Waals surface area contributed by atoms with Gasteiger partial charge in [-0.3, -0.25) is 18.6 Å². The Balaban J connectivity index is 3.86. The molecule has 12 heteroatoms. The summed E-state index contributed by atoms with van der Waals surface area (Å²) >= 11 is 0. The van der Waals surface area contributed by atoms with E-state index in [4.69, 9.17) is 13.8 Å². The number of aliphatic carboxylic acids is 1. The third-order valence-corrected chi connectivity index (χ3v) is 12.2. The highest BCUT2D eigenvalue weighted by atomic mass is 31.2. The van der Waals surface area contributed by atoms with Crippen LogP contribution in [0.15, 0.2) is 60.8 Å². The summed E-state index contributed by atoms with van der Waals surface area (Å²) in [4.78, 5) is 46.1. The summed E-state index contributed by atoms with van der Waals surface area (Å²) in [7, 11) is -4.77. The van der Waals surface area contributed by atoms with E-state index in [-0.39, 0.29) is 12.8 Å². The Bertz CT molecular complexity index is 1350. The summed E-state index contributed by atoms with van der Waals surface area (Å²) < 4.78 is 26.9. The Morgan fingerprint density at radius 3 is 1.30 bits per heavy atom. The number of phosphoric acid groups is 1. The summed E-state index contributed by atoms with van der Waals surface area (Å²) in [6, 6.07) is -1.55. The van der Waals surface area contributed by atoms with Gasteiger partial charge in [0.2, 0.25) is 5.91 Å². The van der Waals surface area contributed by atoms with Gasteiger partial charge in [0.25, 0.3) is 0 Å². The van der Waals surface area contributed by atoms with E-state index in [1.54, 1.807) is 0 Å². The maximum atomic E-state index is 12.4. The molecule has 0 rings (SSSR count). The largest absolute Gasteiger partial charge is 0.480 e. The molecule has 0 spiro atoms. The third-order valence-electron chi connectivity index (χ3n) is 11.3. The molecule has 0 bridgehead atoms. The molecule has 0 radical (unpaired) electrons. The zero-order valence-corrected chi connectivity index (χ0v) is 42.6. The zero-order chi connectivity index (χ0) is 48.4. The SMILES string of the molecule is CCCCC/C=C\C/C=C\C/C=C\C/C=C\CCCCCC(=O)OCC(O)COP(=O)(O)OCC(NC(=O)CCCCCCCCCCCCCCC/C=C/CCCCCCCC)C(=O)O. The van der Waals surface area contributed by atoms with Crippen molar-refractivity contribution in [3.8, 4) is 0 Å². The Kier molecular flexibility index (Phi) is 46.6. The van der Waals surface area contributed by atoms with Crippen LogP contribution in [0.4, 0.5) is 0 Å². The van der Waals surface area contributed by atoms with Gasteiger partial charge >= 0.3 is 19.8 Å². The van der Waals surface area contributed by atoms with Gasteiger partial charge in [0.15, 0.2) is 6.04 Å². The van der Waals surface area contributed by atoms with E-state index in [0.717, 1.165) is 57.8 Å². The summed E-state index contributed by atoms with van der Waals surface area (Å²) in [6.07, 6.45) is 58.1. The van der Waals surface area contributed by atoms with Gasteiger partial charge in [-0.15, -0.1) is 0 Å². The average Bonchev–Trinajstić information content (AvgIpc) is 3.29. The smallest absolute Gasteiger partial charge is 0.472 e. The van der Waals surface area contributed by atoms with Crippen molar-refractivity contribution in [2.75, 3.05) is 19.8 Å². The number of rotatable bonds is 49. The number of phosphoric ester groups is 1. The van der Waals surface area contributed by atoms with Crippen LogP contribution in [0.25, 0.3) is 0 Å². The van der Waals surface area contributed by atoms with E-state index >= 15 is 0 Å². The number of nitrogens with one attached hydrogen (secondary N) is 1. The summed E-state index contributed by atoms with van der Waals surface area (Å²) in [5.74, 6) is -2.40. The lowest BCUT2D eigenvalue weighted by atomic mass is 10.0. The second kappa shape index (κ2) is 48.6. The van der Waals surface area contributed by atoms with Gasteiger partial charge in [-0.1, -0.05) is 197 Å². The molecule has 0 aromatic rings. The molecular formula is C54H96NO10P. The first-order valence-electron chi connectivity index (χ1n) is 26.3. The fourth-order valence-electron chi connectivity index (χ4n) is 7.18. The van der Waals surface area contributed by atoms with Crippen molar-refractivity contribution < 1.29 is 47.8 Å². The molecule has 0 aliphatic rings. The first-order valence-corrected chi connectivity index (χ1v) is 27.8. The van der Waals surface area contributed by atoms with Gasteiger partial charge in [-0.05, 0) is 83.5 Å². The zero-order valence-electron chi connectivity index (χ0n) is 41.7. The number of carbonyl (C=O) groups is 3. The molecule has 0 saturated heterocycles. The van der Waals surface area contributed by atoms with Crippen LogP contribution in [0, 0.1) is 0 Å². The van der Waals surface area contributed by atoms with Gasteiger partial charge in [-0.25, -0.2) is 9.36 Å². The molecule has 1 amide bonds. The molecule has 3 unspecified atom stereocenters. The van der Waals surface area contributed by atoms with Crippen LogP contribution in [0.1, 0.15) is 232 Å². The monoisotopic (exact) mass is 950 g/mol. The van der Waals surface area contributed by atoms with Gasteiger partial charge in [-0.2, -0.15) is 0 Å². The number of hydrogen-bond donors (Lipinski definition) is 4. The van der Waals surface area contributed by atoms with Gasteiger partial charge in [0, 0.05) is 12.8 Å². The quantitative estimate of drug-likeness (QED) is 0.0199. The summed E-state index contributed by atoms with van der Waals surface area (Å²) in [5, 5.41) is 21.9. The number of aliphatic hydroxyl groups is 1. The van der Waals surface area contributed by atoms with Crippen LogP contribution in [-0.4, -0.2) is 64.9 Å². The van der Waals surface area contributed by atoms with E-state index in [1.165, 1.54) is 135 Å². The molecule has 66 heavy (non-hydrogen) atoms. The number of allylic oxidation sites excluding steroid dienone is 10. The normalized spacial score (nSPS) is 14.0. The maximum absolute atomic E-state index is 12.4. The fourth-order valence-corrected chi connectivity index (χ4v) is 7.95. The van der Waals surface area contributed by atoms with Crippen LogP contribution < -0.4 is 5.32 Å². The van der Waals surface area contributed by atoms with Crippen LogP contribution in [-0.2, 0) is 32.7 Å². The van der Waals surface area contributed by atoms with Crippen molar-refractivity contribution in [1.29, 1.82) is 0 Å². The first kappa shape index (κ1) is 63.2. The lowest BCUT2D eigenvalue weighted by molar-refractivity contribution is -0.147. The van der Waals surface area contributed by atoms with E-state index < -0.39 is 57.6 Å². The number of ether oxygens (including phenoxy) is 1. The minimum absolute atomic E-state index is 0.142. The van der Waals surface area contributed by atoms with E-state index in [9.17, 15) is 34.1 Å². The number of aliphatic hydroxyl groups excluding tert-OH is 1. The highest BCUT2D eigenvalue weighted by Crippen LogP contribution is 2.43. The summed E-state index contributed by atoms with van der Waals surface area (Å²) in [6.45, 7) is 2.56. The Labute approximate surface area is 402 Å². The molecule has 4 N–H and O–H groups in total. The van der Waals surface area contributed by atoms with Crippen molar-refractivity contribution in [2.45, 2.75) is 244 Å². The predicted molar refractivity (Wildman–Crippen MR) is 272 cm³/mol. The molecule has 3 atom stereocenters. The second-order valence-electron chi connectivity index (χ2n) is 17.7. The fraction of sp³-hybridized carbons (Fsp3) is 0.759. The molecule has 0 aliphatic carbocycles. The number of hydrogen-bond acceptors (Lipinski definition) is 8. The lowest BCUT2D eigenvalue weighted by Gasteiger charge is -2.18. The van der Waals surface area contributed by atoms with Crippen LogP contribution in [0.2, 0.25) is 0 Å². The van der Waals surface area contributed by atoms with Crippen LogP contribution in [0.3, 0.4) is 0 Å². The van der Waals surface area contributed by atoms with E-state index in [1.807, 2.05) is 0 Å². The van der Waals surface area contributed by atoms with E-state index in [0.29, 0.717) is 12.8 Å². The first-order chi connectivity index (χ1) is 32.1. The molecule has 0 heterocycles. The topological polar surface area (TPSA) is 169 Å². The highest BCUT2D eigenvalue weighted by Gasteiger charge is 2.28. The Morgan fingerprint density at radius 2 is 0.833 bits per heavy atom. The molecule has 11 nitrogen and oxygen atoms in total. The highest BCUT2D eigenvalue weighted by molar-refractivity contribution is 7.47. The molecule has 0 aromatic carbocycles. The molecule has 0 aliphatic heterocycles. The minimum Gasteiger partial charge on any atom is -0.480 e. The molecule has 0 saturated carbocycles. The van der Waals surface area contributed by atoms with E-state index in [2.05, 4.69) is 79.9 Å². The van der Waals surface area contributed by atoms with Gasteiger partial charge < -0.3 is 25.2 Å². The predicted octanol–water partition coefficient (Wildman–Crippen LogP) is 14.7. The Hall–Kier alpha value is -2.82. The van der Waals surface area contributed by atoms with Crippen molar-refractivity contribution in [1.82, 2.24) is 5.32 Å².